The van der Waals surface area contributed by atoms with Gasteiger partial charge in [-0.3, -0.25) is 19.2 Å². The van der Waals surface area contributed by atoms with Gasteiger partial charge in [-0.15, -0.1) is 0 Å². The van der Waals surface area contributed by atoms with Crippen LogP contribution in [0.1, 0.15) is 0 Å². The van der Waals surface area contributed by atoms with Gasteiger partial charge in [0.05, 0.1) is 17.7 Å². The van der Waals surface area contributed by atoms with Gasteiger partial charge in [0, 0.05) is 16.1 Å². The van der Waals surface area contributed by atoms with Gasteiger partial charge in [0.1, 0.15) is 6.54 Å². The number of ether oxygens (including phenoxy) is 1. The van der Waals surface area contributed by atoms with Crippen LogP contribution >= 0.6 is 23.2 Å². The molecule has 0 N–H and O–H groups in total. The maximum atomic E-state index is 13.1. The Morgan fingerprint density at radius 3 is 2.31 bits per heavy atom. The number of hydrogen-bond acceptors (Lipinski definition) is 6. The third kappa shape index (κ3) is 4.24. The van der Waals surface area contributed by atoms with E-state index in [-0.39, 0.29) is 15.7 Å². The number of carbonyl (C=O) groups excluding carboxylic acids is 1. The summed E-state index contributed by atoms with van der Waals surface area (Å²) < 4.78 is 31.3. The number of nitrogens with zero attached hydrogens (tertiary/aromatic N) is 2. The minimum Gasteiger partial charge on any atom is -0.468 e. The molecule has 2 rings (SSSR count). The number of methoxy groups -OCH3 is 1. The largest absolute Gasteiger partial charge is 0.468 e. The molecule has 0 atom stereocenters. The molecule has 8 nitrogen and oxygen atoms in total. The molecular formula is C15H12Cl2N2O6S. The SMILES string of the molecule is COC(=O)CN(c1cc(Cl)cc(Cl)c1)S(=O)(=O)c1ccccc1[N+](=O)[O-]. The molecule has 26 heavy (non-hydrogen) atoms. The van der Waals surface area contributed by atoms with Crippen LogP contribution in [0.5, 0.6) is 0 Å². The molecule has 138 valence electrons. The first kappa shape index (κ1) is 20.0. The van der Waals surface area contributed by atoms with E-state index < -0.39 is 38.0 Å². The molecule has 0 aliphatic carbocycles. The van der Waals surface area contributed by atoms with Crippen molar-refractivity contribution >= 4 is 50.6 Å². The van der Waals surface area contributed by atoms with Crippen molar-refractivity contribution < 1.29 is 22.9 Å². The lowest BCUT2D eigenvalue weighted by Gasteiger charge is -2.23. The monoisotopic (exact) mass is 418 g/mol. The molecule has 0 spiro atoms. The van der Waals surface area contributed by atoms with Gasteiger partial charge in [-0.25, -0.2) is 8.42 Å². The molecule has 0 saturated carbocycles. The Bertz CT molecular complexity index is 944. The Kier molecular flexibility index (Phi) is 6.06. The smallest absolute Gasteiger partial charge is 0.326 e. The number of esters is 1. The predicted octanol–water partition coefficient (Wildman–Crippen LogP) is 3.27. The quantitative estimate of drug-likeness (QED) is 0.404. The molecule has 0 heterocycles. The average Bonchev–Trinajstić information content (AvgIpc) is 2.58. The van der Waals surface area contributed by atoms with Crippen LogP contribution in [0.2, 0.25) is 10.0 Å². The van der Waals surface area contributed by atoms with Crippen molar-refractivity contribution in [1.82, 2.24) is 0 Å². The Labute approximate surface area is 159 Å². The van der Waals surface area contributed by atoms with E-state index in [2.05, 4.69) is 4.74 Å². The van der Waals surface area contributed by atoms with Gasteiger partial charge in [0.25, 0.3) is 15.7 Å². The molecule has 0 radical (unpaired) electrons. The van der Waals surface area contributed by atoms with E-state index in [4.69, 9.17) is 23.2 Å². The molecule has 0 amide bonds. The van der Waals surface area contributed by atoms with Crippen LogP contribution < -0.4 is 4.31 Å². The second-order valence-electron chi connectivity index (χ2n) is 4.94. The molecule has 0 fully saturated rings. The van der Waals surface area contributed by atoms with Crippen LogP contribution in [0.15, 0.2) is 47.4 Å². The van der Waals surface area contributed by atoms with Gasteiger partial charge >= 0.3 is 5.97 Å². The number of halogens is 2. The van der Waals surface area contributed by atoms with E-state index in [1.165, 1.54) is 30.3 Å². The van der Waals surface area contributed by atoms with Crippen molar-refractivity contribution in [2.24, 2.45) is 0 Å². The molecule has 2 aromatic rings. The standard InChI is InChI=1S/C15H12Cl2N2O6S/c1-25-15(20)9-18(12-7-10(16)6-11(17)8-12)26(23,24)14-5-3-2-4-13(14)19(21)22/h2-8H,9H2,1H3. The van der Waals surface area contributed by atoms with Crippen molar-refractivity contribution in [2.75, 3.05) is 18.0 Å². The molecule has 2 aromatic carbocycles. The number of benzene rings is 2. The Morgan fingerprint density at radius 2 is 1.77 bits per heavy atom. The number of nitro groups is 1. The summed E-state index contributed by atoms with van der Waals surface area (Å²) in [6, 6.07) is 8.70. The minimum atomic E-state index is -4.49. The third-order valence-corrected chi connectivity index (χ3v) is 5.52. The molecule has 0 aliphatic heterocycles. The first-order chi connectivity index (χ1) is 12.2. The summed E-state index contributed by atoms with van der Waals surface area (Å²) in [5.41, 5.74) is -0.665. The first-order valence-electron chi connectivity index (χ1n) is 6.96. The minimum absolute atomic E-state index is 0.0361. The van der Waals surface area contributed by atoms with Crippen molar-refractivity contribution in [3.63, 3.8) is 0 Å². The Balaban J connectivity index is 2.68. The van der Waals surface area contributed by atoms with Crippen LogP contribution in [0.25, 0.3) is 0 Å². The van der Waals surface area contributed by atoms with Crippen LogP contribution in [0.3, 0.4) is 0 Å². The highest BCUT2D eigenvalue weighted by Gasteiger charge is 2.33. The Hall–Kier alpha value is -2.36. The molecule has 0 aliphatic rings. The zero-order valence-corrected chi connectivity index (χ0v) is 15.6. The zero-order chi connectivity index (χ0) is 19.5. The number of sulfonamides is 1. The van der Waals surface area contributed by atoms with Crippen molar-refractivity contribution in [3.05, 3.63) is 62.6 Å². The fourth-order valence-corrected chi connectivity index (χ4v) is 4.19. The van der Waals surface area contributed by atoms with Crippen molar-refractivity contribution in [3.8, 4) is 0 Å². The van der Waals surface area contributed by atoms with Gasteiger partial charge in [-0.05, 0) is 24.3 Å². The van der Waals surface area contributed by atoms with E-state index in [9.17, 15) is 23.3 Å². The van der Waals surface area contributed by atoms with Gasteiger partial charge in [0.15, 0.2) is 4.90 Å². The van der Waals surface area contributed by atoms with E-state index >= 15 is 0 Å². The maximum Gasteiger partial charge on any atom is 0.326 e. The van der Waals surface area contributed by atoms with Gasteiger partial charge in [0.2, 0.25) is 0 Å². The third-order valence-electron chi connectivity index (χ3n) is 3.27. The second kappa shape index (κ2) is 7.90. The fraction of sp³-hybridized carbons (Fsp3) is 0.133. The van der Waals surface area contributed by atoms with Crippen molar-refractivity contribution in [2.45, 2.75) is 4.90 Å². The molecular weight excluding hydrogens is 407 g/mol. The van der Waals surface area contributed by atoms with Gasteiger partial charge in [-0.1, -0.05) is 35.3 Å². The summed E-state index contributed by atoms with van der Waals surface area (Å²) in [5.74, 6) is -0.872. The summed E-state index contributed by atoms with van der Waals surface area (Å²) in [6.07, 6.45) is 0. The van der Waals surface area contributed by atoms with E-state index in [1.807, 2.05) is 0 Å². The highest BCUT2D eigenvalue weighted by Crippen LogP contribution is 2.32. The second-order valence-corrected chi connectivity index (χ2v) is 7.64. The zero-order valence-electron chi connectivity index (χ0n) is 13.3. The van der Waals surface area contributed by atoms with Crippen molar-refractivity contribution in [1.29, 1.82) is 0 Å². The Morgan fingerprint density at radius 1 is 1.19 bits per heavy atom. The summed E-state index contributed by atoms with van der Waals surface area (Å²) >= 11 is 11.8. The number of para-hydroxylation sites is 1. The number of anilines is 1. The number of rotatable bonds is 6. The normalized spacial score (nSPS) is 11.0. The van der Waals surface area contributed by atoms with Crippen LogP contribution in [-0.2, 0) is 19.6 Å². The molecule has 0 saturated heterocycles. The summed E-state index contributed by atoms with van der Waals surface area (Å²) in [7, 11) is -3.41. The summed E-state index contributed by atoms with van der Waals surface area (Å²) in [6.45, 7) is -0.721. The topological polar surface area (TPSA) is 107 Å². The average molecular weight is 419 g/mol. The first-order valence-corrected chi connectivity index (χ1v) is 9.15. The lowest BCUT2D eigenvalue weighted by atomic mass is 10.3. The summed E-state index contributed by atoms with van der Waals surface area (Å²) in [4.78, 5) is 21.5. The predicted molar refractivity (Wildman–Crippen MR) is 96.1 cm³/mol. The molecule has 0 aromatic heterocycles. The van der Waals surface area contributed by atoms with Crippen LogP contribution in [0.4, 0.5) is 11.4 Å². The molecule has 11 heteroatoms. The molecule has 0 bridgehead atoms. The lowest BCUT2D eigenvalue weighted by Crippen LogP contribution is -2.36. The maximum absolute atomic E-state index is 13.1. The number of carbonyl (C=O) groups is 1. The van der Waals surface area contributed by atoms with Gasteiger partial charge < -0.3 is 4.74 Å². The van der Waals surface area contributed by atoms with E-state index in [0.717, 1.165) is 19.2 Å². The van der Waals surface area contributed by atoms with E-state index in [0.29, 0.717) is 4.31 Å². The van der Waals surface area contributed by atoms with Crippen LogP contribution in [-0.4, -0.2) is 33.0 Å². The van der Waals surface area contributed by atoms with E-state index in [1.54, 1.807) is 0 Å². The highest BCUT2D eigenvalue weighted by atomic mass is 35.5. The summed E-state index contributed by atoms with van der Waals surface area (Å²) in [5, 5.41) is 11.5. The number of hydrogen-bond donors (Lipinski definition) is 0. The number of nitro benzene ring substituents is 1. The van der Waals surface area contributed by atoms with Gasteiger partial charge in [-0.2, -0.15) is 0 Å². The fourth-order valence-electron chi connectivity index (χ4n) is 2.12. The highest BCUT2D eigenvalue weighted by molar-refractivity contribution is 7.93. The molecule has 0 unspecified atom stereocenters. The van der Waals surface area contributed by atoms with Crippen LogP contribution in [0, 0.1) is 10.1 Å². The lowest BCUT2D eigenvalue weighted by molar-refractivity contribution is -0.387.